The molecule has 4 amide bonds. The molecule has 7 atom stereocenters. The topological polar surface area (TPSA) is 182 Å². The van der Waals surface area contributed by atoms with Crippen LogP contribution in [0.15, 0.2) is 42.6 Å². The molecule has 1 saturated heterocycles. The fraction of sp³-hybridized carbons (Fsp3) is 0.625. The van der Waals surface area contributed by atoms with Gasteiger partial charge < -0.3 is 29.7 Å². The van der Waals surface area contributed by atoms with Gasteiger partial charge in [0.05, 0.1) is 13.2 Å². The Morgan fingerprint density at radius 3 is 2.49 bits per heavy atom. The van der Waals surface area contributed by atoms with Crippen LogP contribution in [0.25, 0.3) is 10.8 Å². The first kappa shape index (κ1) is 43.9. The van der Waals surface area contributed by atoms with Crippen molar-refractivity contribution in [3.63, 3.8) is 0 Å². The quantitative estimate of drug-likeness (QED) is 0.211. The number of amides is 4. The molecule has 14 nitrogen and oxygen atoms in total. The summed E-state index contributed by atoms with van der Waals surface area (Å²) in [6.45, 7) is 5.78. The summed E-state index contributed by atoms with van der Waals surface area (Å²) in [5, 5.41) is 6.41. The van der Waals surface area contributed by atoms with Gasteiger partial charge >= 0.3 is 12.3 Å². The lowest BCUT2D eigenvalue weighted by atomic mass is 9.88. The number of alkyl halides is 4. The fourth-order valence-corrected chi connectivity index (χ4v) is 9.26. The molecule has 0 radical (unpaired) electrons. The Kier molecular flexibility index (Phi) is 12.2. The van der Waals surface area contributed by atoms with Crippen molar-refractivity contribution in [2.75, 3.05) is 19.8 Å². The average molecular weight is 854 g/mol. The number of aromatic nitrogens is 1. The highest BCUT2D eigenvalue weighted by Gasteiger charge is 2.64. The van der Waals surface area contributed by atoms with Crippen LogP contribution in [0.2, 0.25) is 0 Å². The van der Waals surface area contributed by atoms with Crippen LogP contribution in [0.4, 0.5) is 22.4 Å². The minimum absolute atomic E-state index is 0.0150. The number of allylic oxidation sites excluding steroid dienone is 1. The number of nitrogens with one attached hydrogen (secondary N) is 3. The zero-order valence-electron chi connectivity index (χ0n) is 33.6. The number of pyridine rings is 1. The van der Waals surface area contributed by atoms with E-state index in [2.05, 4.69) is 15.6 Å². The van der Waals surface area contributed by atoms with Crippen molar-refractivity contribution in [2.24, 2.45) is 17.8 Å². The lowest BCUT2D eigenvalue weighted by Gasteiger charge is -2.34. The summed E-state index contributed by atoms with van der Waals surface area (Å²) >= 11 is 0. The highest BCUT2D eigenvalue weighted by Crippen LogP contribution is 2.48. The number of alkyl carbamates (subject to hydrolysis) is 1. The SMILES string of the molecule is CCOc1ccc2c(O[C@@H]3C[C@H]4C(=O)N[C@]5(C(=O)NS(=O)(=O)C6(CF)CC6)CC5/C=C\CC[C@@H](C)C[C@@H](C)[C@H](NC(=O)OC(C)(C)C(F)(F)F)C(=O)N4C3)nccc2c1. The van der Waals surface area contributed by atoms with E-state index in [0.29, 0.717) is 50.9 Å². The molecule has 324 valence electrons. The second kappa shape index (κ2) is 16.4. The van der Waals surface area contributed by atoms with E-state index >= 15 is 0 Å². The zero-order chi connectivity index (χ0) is 43.1. The Bertz CT molecular complexity index is 2100. The molecule has 2 saturated carbocycles. The van der Waals surface area contributed by atoms with E-state index in [0.717, 1.165) is 10.3 Å². The van der Waals surface area contributed by atoms with Crippen molar-refractivity contribution in [2.45, 2.75) is 120 Å². The maximum Gasteiger partial charge on any atom is 0.427 e. The van der Waals surface area contributed by atoms with Gasteiger partial charge in [-0.3, -0.25) is 19.1 Å². The molecule has 1 aromatic carbocycles. The van der Waals surface area contributed by atoms with E-state index in [1.165, 1.54) is 6.20 Å². The minimum atomic E-state index is -4.93. The third kappa shape index (κ3) is 9.09. The van der Waals surface area contributed by atoms with Crippen molar-refractivity contribution < 1.29 is 59.4 Å². The molecule has 2 aliphatic carbocycles. The van der Waals surface area contributed by atoms with Gasteiger partial charge in [-0.2, -0.15) is 13.2 Å². The molecular weight excluding hydrogens is 803 g/mol. The van der Waals surface area contributed by atoms with Crippen molar-refractivity contribution in [3.05, 3.63) is 42.6 Å². The van der Waals surface area contributed by atoms with Crippen LogP contribution < -0.4 is 24.8 Å². The van der Waals surface area contributed by atoms with Crippen LogP contribution in [0.5, 0.6) is 11.6 Å². The second-order valence-electron chi connectivity index (χ2n) is 16.8. The summed E-state index contributed by atoms with van der Waals surface area (Å²) in [7, 11) is -4.46. The Labute approximate surface area is 340 Å². The number of sulfonamides is 1. The monoisotopic (exact) mass is 853 g/mol. The van der Waals surface area contributed by atoms with Gasteiger partial charge in [0, 0.05) is 23.9 Å². The molecule has 1 unspecified atom stereocenters. The number of benzene rings is 1. The van der Waals surface area contributed by atoms with Gasteiger partial charge in [0.25, 0.3) is 5.91 Å². The summed E-state index contributed by atoms with van der Waals surface area (Å²) in [6.07, 6.45) is -0.951. The van der Waals surface area contributed by atoms with Gasteiger partial charge in [0.1, 0.15) is 40.9 Å². The van der Waals surface area contributed by atoms with Crippen LogP contribution in [0, 0.1) is 17.8 Å². The first-order chi connectivity index (χ1) is 27.7. The number of fused-ring (bicyclic) bond motifs is 3. The standard InChI is InChI=1S/C40H51F4N5O9S/c1-6-56-27-11-12-29-25(18-27)13-16-45-33(29)57-28-19-30-32(50)47-39(35(52)48-59(54,55)38(22-41)14-15-38)20-26(39)10-8-7-9-23(2)17-24(3)31(34(51)49(30)21-28)46-36(53)58-37(4,5)40(42,43)44/h8,10-13,16,18,23-24,26,28,30-31H,6-7,9,14-15,17,19-22H2,1-5H3,(H,46,53)(H,47,50)(H,48,52)/b10-8-/t23-,24-,26?,28-,30+,31+,39-/m1/s1. The zero-order valence-corrected chi connectivity index (χ0v) is 34.4. The van der Waals surface area contributed by atoms with Crippen LogP contribution >= 0.6 is 0 Å². The van der Waals surface area contributed by atoms with Crippen LogP contribution in [0.3, 0.4) is 0 Å². The number of nitrogens with zero attached hydrogens (tertiary/aromatic N) is 2. The predicted octanol–water partition coefficient (Wildman–Crippen LogP) is 5.25. The van der Waals surface area contributed by atoms with Gasteiger partial charge in [0.15, 0.2) is 0 Å². The number of rotatable bonds is 10. The molecule has 6 rings (SSSR count). The average Bonchev–Trinajstić information content (AvgIpc) is 4.06. The highest BCUT2D eigenvalue weighted by atomic mass is 32.2. The summed E-state index contributed by atoms with van der Waals surface area (Å²) in [4.78, 5) is 61.8. The molecule has 0 spiro atoms. The fourth-order valence-electron chi connectivity index (χ4n) is 7.83. The molecule has 19 heteroatoms. The first-order valence-corrected chi connectivity index (χ1v) is 21.3. The summed E-state index contributed by atoms with van der Waals surface area (Å²) < 4.78 is 98.5. The molecular formula is C40H51F4N5O9S. The molecule has 1 aromatic heterocycles. The molecule has 2 aliphatic heterocycles. The number of ether oxygens (including phenoxy) is 3. The largest absolute Gasteiger partial charge is 0.494 e. The van der Waals surface area contributed by atoms with E-state index in [4.69, 9.17) is 14.2 Å². The Balaban J connectivity index is 1.35. The van der Waals surface area contributed by atoms with E-state index in [1.54, 1.807) is 37.3 Å². The maximum absolute atomic E-state index is 14.7. The number of carbonyl (C=O) groups excluding carboxylic acids is 4. The Hall–Kier alpha value is -4.68. The molecule has 2 aromatic rings. The van der Waals surface area contributed by atoms with Crippen LogP contribution in [0.1, 0.15) is 79.6 Å². The van der Waals surface area contributed by atoms with Crippen LogP contribution in [-0.4, -0.2) is 102 Å². The minimum Gasteiger partial charge on any atom is -0.494 e. The lowest BCUT2D eigenvalue weighted by molar-refractivity contribution is -0.244. The highest BCUT2D eigenvalue weighted by molar-refractivity contribution is 7.91. The summed E-state index contributed by atoms with van der Waals surface area (Å²) in [6, 6.07) is 4.19. The van der Waals surface area contributed by atoms with E-state index in [1.807, 2.05) is 24.6 Å². The van der Waals surface area contributed by atoms with Gasteiger partial charge in [-0.25, -0.2) is 22.6 Å². The second-order valence-corrected chi connectivity index (χ2v) is 18.9. The molecule has 3 fully saturated rings. The molecule has 3 N–H and O–H groups in total. The Morgan fingerprint density at radius 1 is 1.10 bits per heavy atom. The van der Waals surface area contributed by atoms with Crippen molar-refractivity contribution >= 4 is 44.6 Å². The lowest BCUT2D eigenvalue weighted by Crippen LogP contribution is -2.60. The van der Waals surface area contributed by atoms with E-state index in [9.17, 15) is 45.2 Å². The maximum atomic E-state index is 14.7. The predicted molar refractivity (Wildman–Crippen MR) is 206 cm³/mol. The normalized spacial score (nSPS) is 29.1. The van der Waals surface area contributed by atoms with Gasteiger partial charge in [-0.15, -0.1) is 0 Å². The van der Waals surface area contributed by atoms with Crippen molar-refractivity contribution in [1.82, 2.24) is 25.2 Å². The van der Waals surface area contributed by atoms with Crippen LogP contribution in [-0.2, 0) is 29.1 Å². The van der Waals surface area contributed by atoms with Gasteiger partial charge in [-0.1, -0.05) is 26.0 Å². The smallest absolute Gasteiger partial charge is 0.427 e. The number of carbonyl (C=O) groups is 4. The number of hydrogen-bond acceptors (Lipinski definition) is 10. The Morgan fingerprint density at radius 2 is 1.83 bits per heavy atom. The van der Waals surface area contributed by atoms with E-state index in [-0.39, 0.29) is 44.0 Å². The summed E-state index contributed by atoms with van der Waals surface area (Å²) in [5.41, 5.74) is -4.67. The molecule has 3 heterocycles. The van der Waals surface area contributed by atoms with E-state index < -0.39 is 92.6 Å². The number of hydrogen-bond donors (Lipinski definition) is 3. The molecule has 4 aliphatic rings. The third-order valence-corrected chi connectivity index (χ3v) is 14.0. The first-order valence-electron chi connectivity index (χ1n) is 19.8. The van der Waals surface area contributed by atoms with Gasteiger partial charge in [-0.05, 0) is 101 Å². The molecule has 59 heavy (non-hydrogen) atoms. The summed E-state index contributed by atoms with van der Waals surface area (Å²) in [5.74, 6) is -3.29. The van der Waals surface area contributed by atoms with Gasteiger partial charge in [0.2, 0.25) is 33.3 Å². The van der Waals surface area contributed by atoms with Crippen molar-refractivity contribution in [3.8, 4) is 11.6 Å². The van der Waals surface area contributed by atoms with Crippen molar-refractivity contribution in [1.29, 1.82) is 0 Å². The third-order valence-electron chi connectivity index (χ3n) is 11.9. The number of halogens is 4. The molecule has 0 bridgehead atoms.